The molecule has 5 nitrogen and oxygen atoms in total. The van der Waals surface area contributed by atoms with Crippen LogP contribution in [0.4, 0.5) is 13.2 Å². The summed E-state index contributed by atoms with van der Waals surface area (Å²) >= 11 is 0. The number of rotatable bonds is 4. The average molecular weight is 402 g/mol. The van der Waals surface area contributed by atoms with Gasteiger partial charge in [-0.15, -0.1) is 0 Å². The molecule has 1 unspecified atom stereocenters. The van der Waals surface area contributed by atoms with E-state index in [1.165, 1.54) is 37.4 Å². The Kier molecular flexibility index (Phi) is 4.65. The van der Waals surface area contributed by atoms with E-state index in [2.05, 4.69) is 9.97 Å². The van der Waals surface area contributed by atoms with Crippen molar-refractivity contribution in [3.8, 4) is 11.4 Å². The van der Waals surface area contributed by atoms with Gasteiger partial charge in [0, 0.05) is 22.0 Å². The Labute approximate surface area is 149 Å². The summed E-state index contributed by atoms with van der Waals surface area (Å²) in [7, 11) is -6.67. The van der Waals surface area contributed by atoms with Gasteiger partial charge in [-0.05, 0) is 36.4 Å². The van der Waals surface area contributed by atoms with Crippen molar-refractivity contribution in [2.45, 2.75) is 22.2 Å². The summed E-state index contributed by atoms with van der Waals surface area (Å²) < 4.78 is 73.9. The van der Waals surface area contributed by atoms with Crippen molar-refractivity contribution >= 4 is 31.5 Å². The number of sulfone groups is 1. The van der Waals surface area contributed by atoms with E-state index in [0.29, 0.717) is 16.6 Å². The highest BCUT2D eigenvalue weighted by molar-refractivity contribution is 7.91. The minimum absolute atomic E-state index is 0.0353. The molecule has 0 fully saturated rings. The van der Waals surface area contributed by atoms with Crippen molar-refractivity contribution in [2.24, 2.45) is 0 Å². The molecule has 0 spiro atoms. The molecule has 1 aromatic carbocycles. The molecule has 0 saturated heterocycles. The fourth-order valence-corrected chi connectivity index (χ4v) is 4.23. The van der Waals surface area contributed by atoms with E-state index >= 15 is 0 Å². The Balaban J connectivity index is 2.14. The van der Waals surface area contributed by atoms with Gasteiger partial charge in [0.25, 0.3) is 0 Å². The van der Waals surface area contributed by atoms with Gasteiger partial charge in [-0.25, -0.2) is 12.6 Å². The SMILES string of the molecule is CCS(=O)(=O)c1cccnc1-c1cc2cc(S(=O)C(F)(F)F)ccc2[nH]1. The molecule has 0 bridgehead atoms. The maximum absolute atomic E-state index is 12.6. The fraction of sp³-hybridized carbons (Fsp3) is 0.188. The lowest BCUT2D eigenvalue weighted by Gasteiger charge is -2.06. The number of aromatic amines is 1. The predicted molar refractivity (Wildman–Crippen MR) is 91.7 cm³/mol. The molecule has 2 aromatic heterocycles. The number of H-pyrrole nitrogens is 1. The summed E-state index contributed by atoms with van der Waals surface area (Å²) in [6.45, 7) is 1.51. The van der Waals surface area contributed by atoms with Crippen molar-refractivity contribution < 1.29 is 25.8 Å². The van der Waals surface area contributed by atoms with Gasteiger partial charge >= 0.3 is 5.51 Å². The lowest BCUT2D eigenvalue weighted by molar-refractivity contribution is -0.0384. The van der Waals surface area contributed by atoms with Crippen LogP contribution in [-0.2, 0) is 20.6 Å². The van der Waals surface area contributed by atoms with Crippen LogP contribution in [0, 0.1) is 0 Å². The second-order valence-electron chi connectivity index (χ2n) is 5.40. The van der Waals surface area contributed by atoms with E-state index in [0.717, 1.165) is 12.1 Å². The van der Waals surface area contributed by atoms with Crippen LogP contribution in [0.5, 0.6) is 0 Å². The largest absolute Gasteiger partial charge is 0.475 e. The van der Waals surface area contributed by atoms with Crippen molar-refractivity contribution in [3.63, 3.8) is 0 Å². The zero-order valence-corrected chi connectivity index (χ0v) is 15.0. The van der Waals surface area contributed by atoms with Crippen molar-refractivity contribution in [1.29, 1.82) is 0 Å². The monoisotopic (exact) mass is 402 g/mol. The topological polar surface area (TPSA) is 79.9 Å². The smallest absolute Gasteiger partial charge is 0.353 e. The van der Waals surface area contributed by atoms with E-state index in [4.69, 9.17) is 0 Å². The summed E-state index contributed by atoms with van der Waals surface area (Å²) in [5.41, 5.74) is -3.84. The zero-order chi connectivity index (χ0) is 19.1. The summed E-state index contributed by atoms with van der Waals surface area (Å²) in [6.07, 6.45) is 1.43. The summed E-state index contributed by atoms with van der Waals surface area (Å²) in [5.74, 6) is -0.110. The first-order chi connectivity index (χ1) is 12.1. The van der Waals surface area contributed by atoms with Crippen LogP contribution >= 0.6 is 0 Å². The van der Waals surface area contributed by atoms with Gasteiger partial charge in [-0.1, -0.05) is 6.92 Å². The molecule has 3 rings (SSSR count). The molecule has 0 saturated carbocycles. The Bertz CT molecular complexity index is 1110. The van der Waals surface area contributed by atoms with Crippen LogP contribution in [-0.4, -0.2) is 33.9 Å². The number of pyridine rings is 1. The molecule has 0 aliphatic carbocycles. The van der Waals surface area contributed by atoms with E-state index in [9.17, 15) is 25.8 Å². The number of hydrogen-bond acceptors (Lipinski definition) is 4. The summed E-state index contributed by atoms with van der Waals surface area (Å²) in [5, 5.41) is 0.376. The molecule has 1 N–H and O–H groups in total. The molecule has 2 heterocycles. The van der Waals surface area contributed by atoms with Gasteiger partial charge in [0.15, 0.2) is 20.6 Å². The van der Waals surface area contributed by atoms with Gasteiger partial charge < -0.3 is 4.98 Å². The number of benzene rings is 1. The molecule has 26 heavy (non-hydrogen) atoms. The van der Waals surface area contributed by atoms with E-state index in [1.54, 1.807) is 0 Å². The molecule has 1 atom stereocenters. The highest BCUT2D eigenvalue weighted by Gasteiger charge is 2.38. The van der Waals surface area contributed by atoms with Crippen molar-refractivity contribution in [3.05, 3.63) is 42.6 Å². The first-order valence-electron chi connectivity index (χ1n) is 7.43. The number of hydrogen-bond donors (Lipinski definition) is 1. The molecule has 0 aliphatic heterocycles. The number of nitrogens with zero attached hydrogens (tertiary/aromatic N) is 1. The van der Waals surface area contributed by atoms with Crippen LogP contribution in [0.2, 0.25) is 0 Å². The van der Waals surface area contributed by atoms with Gasteiger partial charge in [-0.3, -0.25) is 4.98 Å². The van der Waals surface area contributed by atoms with E-state index in [-0.39, 0.29) is 21.2 Å². The molecular weight excluding hydrogens is 389 g/mol. The third kappa shape index (κ3) is 3.38. The summed E-state index contributed by atoms with van der Waals surface area (Å²) in [6, 6.07) is 8.07. The van der Waals surface area contributed by atoms with Gasteiger partial charge in [-0.2, -0.15) is 13.2 Å². The van der Waals surface area contributed by atoms with Gasteiger partial charge in [0.2, 0.25) is 0 Å². The molecular formula is C16H13F3N2O3S2. The third-order valence-electron chi connectivity index (χ3n) is 3.76. The van der Waals surface area contributed by atoms with Crippen molar-refractivity contribution in [1.82, 2.24) is 9.97 Å². The molecule has 10 heteroatoms. The van der Waals surface area contributed by atoms with Crippen LogP contribution in [0.3, 0.4) is 0 Å². The van der Waals surface area contributed by atoms with E-state index in [1.807, 2.05) is 0 Å². The fourth-order valence-electron chi connectivity index (χ4n) is 2.49. The van der Waals surface area contributed by atoms with Gasteiger partial charge in [0.1, 0.15) is 5.69 Å². The summed E-state index contributed by atoms with van der Waals surface area (Å²) in [4.78, 5) is 6.71. The predicted octanol–water partition coefficient (Wildman–Crippen LogP) is 3.65. The highest BCUT2D eigenvalue weighted by atomic mass is 32.2. The number of alkyl halides is 3. The lowest BCUT2D eigenvalue weighted by atomic mass is 10.2. The minimum atomic E-state index is -4.85. The van der Waals surface area contributed by atoms with Crippen molar-refractivity contribution in [2.75, 3.05) is 5.75 Å². The minimum Gasteiger partial charge on any atom is -0.353 e. The first-order valence-corrected chi connectivity index (χ1v) is 10.2. The highest BCUT2D eigenvalue weighted by Crippen LogP contribution is 2.31. The number of halogens is 3. The van der Waals surface area contributed by atoms with Crippen LogP contribution < -0.4 is 0 Å². The van der Waals surface area contributed by atoms with Crippen LogP contribution in [0.1, 0.15) is 6.92 Å². The molecule has 3 aromatic rings. The molecule has 138 valence electrons. The Hall–Kier alpha value is -2.20. The Morgan fingerprint density at radius 3 is 2.58 bits per heavy atom. The number of fused-ring (bicyclic) bond motifs is 1. The van der Waals surface area contributed by atoms with Crippen LogP contribution in [0.25, 0.3) is 22.3 Å². The maximum atomic E-state index is 12.6. The average Bonchev–Trinajstić information content (AvgIpc) is 3.03. The first kappa shape index (κ1) is 18.6. The standard InChI is InChI=1S/C16H13F3N2O3S2/c1-2-26(23,24)14-4-3-7-20-15(14)13-9-10-8-11(5-6-12(10)21-13)25(22)16(17,18)19/h3-9,21H,2H2,1H3. The quantitative estimate of drug-likeness (QED) is 0.722. The second kappa shape index (κ2) is 6.51. The van der Waals surface area contributed by atoms with E-state index < -0.39 is 26.1 Å². The molecule has 0 amide bonds. The Morgan fingerprint density at radius 1 is 1.19 bits per heavy atom. The molecule has 0 radical (unpaired) electrons. The third-order valence-corrected chi connectivity index (χ3v) is 6.62. The van der Waals surface area contributed by atoms with Gasteiger partial charge in [0.05, 0.1) is 16.3 Å². The number of aromatic nitrogens is 2. The normalized spacial score (nSPS) is 13.8. The molecule has 0 aliphatic rings. The Morgan fingerprint density at radius 2 is 1.92 bits per heavy atom. The van der Waals surface area contributed by atoms with Crippen LogP contribution in [0.15, 0.2) is 52.4 Å². The number of nitrogens with one attached hydrogen (secondary N) is 1. The zero-order valence-electron chi connectivity index (χ0n) is 13.4. The second-order valence-corrected chi connectivity index (χ2v) is 9.12. The maximum Gasteiger partial charge on any atom is 0.475 e. The lowest BCUT2D eigenvalue weighted by Crippen LogP contribution is -2.15.